The van der Waals surface area contributed by atoms with Gasteiger partial charge in [0.25, 0.3) is 0 Å². The molecule has 3 saturated heterocycles. The Morgan fingerprint density at radius 3 is 2.59 bits per heavy atom. The molecule has 4 rings (SSSR count). The van der Waals surface area contributed by atoms with Crippen LogP contribution in [0.3, 0.4) is 0 Å². The Balaban J connectivity index is 1.45. The Hall–Kier alpha value is -0.900. The lowest BCUT2D eigenvalue weighted by Crippen LogP contribution is -2.50. The van der Waals surface area contributed by atoms with Crippen molar-refractivity contribution in [2.75, 3.05) is 26.2 Å². The number of benzene rings is 1. The van der Waals surface area contributed by atoms with Crippen LogP contribution in [0.2, 0.25) is 0 Å². The molecule has 0 spiro atoms. The van der Waals surface area contributed by atoms with Crippen molar-refractivity contribution >= 4 is 0 Å². The molecule has 0 amide bonds. The van der Waals surface area contributed by atoms with E-state index < -0.39 is 0 Å². The molecule has 3 aliphatic heterocycles. The second kappa shape index (κ2) is 6.69. The van der Waals surface area contributed by atoms with Crippen molar-refractivity contribution in [1.29, 1.82) is 0 Å². The Morgan fingerprint density at radius 1 is 0.955 bits per heavy atom. The predicted octanol–water partition coefficient (Wildman–Crippen LogP) is 2.90. The Labute approximate surface area is 134 Å². The Morgan fingerprint density at radius 2 is 1.77 bits per heavy atom. The largest absolute Gasteiger partial charge is 0.361 e. The summed E-state index contributed by atoms with van der Waals surface area (Å²) in [6, 6.07) is 12.3. The summed E-state index contributed by atoms with van der Waals surface area (Å²) in [4.78, 5) is 5.37. The van der Waals surface area contributed by atoms with Crippen LogP contribution in [0, 0.1) is 0 Å². The fourth-order valence-electron chi connectivity index (χ4n) is 4.64. The van der Waals surface area contributed by atoms with Gasteiger partial charge in [0.1, 0.15) is 6.23 Å². The number of rotatable bonds is 4. The van der Waals surface area contributed by atoms with Gasteiger partial charge in [-0.05, 0) is 50.6 Å². The van der Waals surface area contributed by atoms with E-state index >= 15 is 0 Å². The average molecular weight is 300 g/mol. The van der Waals surface area contributed by atoms with Gasteiger partial charge in [0.2, 0.25) is 0 Å². The minimum atomic E-state index is 0.360. The lowest BCUT2D eigenvalue weighted by molar-refractivity contribution is -0.0457. The maximum absolute atomic E-state index is 6.14. The van der Waals surface area contributed by atoms with Gasteiger partial charge in [-0.15, -0.1) is 0 Å². The maximum Gasteiger partial charge on any atom is 0.126 e. The van der Waals surface area contributed by atoms with Crippen LogP contribution in [-0.4, -0.2) is 54.4 Å². The number of hydrogen-bond acceptors (Lipinski definition) is 3. The number of hydrogen-bond donors (Lipinski definition) is 0. The van der Waals surface area contributed by atoms with E-state index in [-0.39, 0.29) is 0 Å². The topological polar surface area (TPSA) is 15.7 Å². The third kappa shape index (κ3) is 2.94. The van der Waals surface area contributed by atoms with Gasteiger partial charge >= 0.3 is 0 Å². The van der Waals surface area contributed by atoms with E-state index in [0.29, 0.717) is 18.3 Å². The summed E-state index contributed by atoms with van der Waals surface area (Å²) in [6.07, 6.45) is 8.16. The van der Waals surface area contributed by atoms with E-state index in [1.54, 1.807) is 0 Å². The monoisotopic (exact) mass is 300 g/mol. The van der Waals surface area contributed by atoms with E-state index in [2.05, 4.69) is 40.1 Å². The van der Waals surface area contributed by atoms with Crippen LogP contribution in [0.4, 0.5) is 0 Å². The molecule has 3 heterocycles. The number of likely N-dealkylation sites (tertiary alicyclic amines) is 2. The van der Waals surface area contributed by atoms with Gasteiger partial charge in [0, 0.05) is 19.1 Å². The summed E-state index contributed by atoms with van der Waals surface area (Å²) in [5, 5.41) is 0. The third-order valence-electron chi connectivity index (χ3n) is 5.69. The molecule has 1 aromatic rings. The zero-order valence-electron chi connectivity index (χ0n) is 13.5. The molecule has 3 fully saturated rings. The highest BCUT2D eigenvalue weighted by Gasteiger charge is 2.41. The third-order valence-corrected chi connectivity index (χ3v) is 5.69. The first-order chi connectivity index (χ1) is 10.9. The van der Waals surface area contributed by atoms with E-state index in [1.807, 2.05) is 0 Å². The molecule has 1 aromatic carbocycles. The highest BCUT2D eigenvalue weighted by Crippen LogP contribution is 2.32. The molecule has 0 aromatic heterocycles. The van der Waals surface area contributed by atoms with E-state index in [1.165, 1.54) is 63.7 Å². The summed E-state index contributed by atoms with van der Waals surface area (Å²) in [5.41, 5.74) is 1.48. The molecule has 0 saturated carbocycles. The van der Waals surface area contributed by atoms with Crippen LogP contribution >= 0.6 is 0 Å². The molecule has 0 bridgehead atoms. The molecule has 3 aliphatic rings. The van der Waals surface area contributed by atoms with Crippen LogP contribution < -0.4 is 0 Å². The molecule has 120 valence electrons. The fourth-order valence-corrected chi connectivity index (χ4v) is 4.64. The summed E-state index contributed by atoms with van der Waals surface area (Å²) in [7, 11) is 0. The minimum Gasteiger partial charge on any atom is -0.361 e. The van der Waals surface area contributed by atoms with Gasteiger partial charge < -0.3 is 4.74 Å². The molecule has 3 nitrogen and oxygen atoms in total. The van der Waals surface area contributed by atoms with Crippen LogP contribution in [0.1, 0.15) is 37.7 Å². The highest BCUT2D eigenvalue weighted by atomic mass is 16.5. The molecule has 3 heteroatoms. The van der Waals surface area contributed by atoms with Crippen LogP contribution in [0.15, 0.2) is 30.3 Å². The Bertz CT molecular complexity index is 472. The quantitative estimate of drug-likeness (QED) is 0.850. The Kier molecular flexibility index (Phi) is 4.47. The van der Waals surface area contributed by atoms with E-state index in [0.717, 1.165) is 6.61 Å². The second-order valence-corrected chi connectivity index (χ2v) is 7.08. The van der Waals surface area contributed by atoms with Gasteiger partial charge in [-0.1, -0.05) is 30.3 Å². The summed E-state index contributed by atoms with van der Waals surface area (Å²) >= 11 is 0. The normalized spacial score (nSPS) is 33.7. The van der Waals surface area contributed by atoms with Gasteiger partial charge in [-0.25, -0.2) is 0 Å². The molecular formula is C19H28N2O. The average Bonchev–Trinajstić information content (AvgIpc) is 3.29. The van der Waals surface area contributed by atoms with Gasteiger partial charge in [-0.2, -0.15) is 0 Å². The zero-order chi connectivity index (χ0) is 14.8. The second-order valence-electron chi connectivity index (χ2n) is 7.08. The first-order valence-corrected chi connectivity index (χ1v) is 9.07. The van der Waals surface area contributed by atoms with Crippen molar-refractivity contribution in [2.24, 2.45) is 0 Å². The summed E-state index contributed by atoms with van der Waals surface area (Å²) in [6.45, 7) is 4.67. The lowest BCUT2D eigenvalue weighted by atomic mass is 10.0. The standard InChI is InChI=1S/C19H28N2O/c1-2-7-16(8-3-1)15-17-9-6-13-21(17)18-10-14-22-19(18)20-11-4-5-12-20/h1-3,7-8,17-19H,4-6,9-15H2. The molecular weight excluding hydrogens is 272 g/mol. The minimum absolute atomic E-state index is 0.360. The van der Waals surface area contributed by atoms with Crippen molar-refractivity contribution in [3.63, 3.8) is 0 Å². The van der Waals surface area contributed by atoms with Crippen molar-refractivity contribution in [2.45, 2.75) is 56.8 Å². The van der Waals surface area contributed by atoms with E-state index in [9.17, 15) is 0 Å². The van der Waals surface area contributed by atoms with Crippen LogP contribution in [0.5, 0.6) is 0 Å². The van der Waals surface area contributed by atoms with Gasteiger partial charge in [0.15, 0.2) is 0 Å². The first-order valence-electron chi connectivity index (χ1n) is 9.07. The predicted molar refractivity (Wildman–Crippen MR) is 88.8 cm³/mol. The van der Waals surface area contributed by atoms with Crippen molar-refractivity contribution in [3.8, 4) is 0 Å². The van der Waals surface area contributed by atoms with Crippen molar-refractivity contribution < 1.29 is 4.74 Å². The molecule has 3 unspecified atom stereocenters. The SMILES string of the molecule is c1ccc(CC2CCCN2C2CCOC2N2CCCC2)cc1. The van der Waals surface area contributed by atoms with Gasteiger partial charge in [-0.3, -0.25) is 9.80 Å². The fraction of sp³-hybridized carbons (Fsp3) is 0.684. The molecule has 0 radical (unpaired) electrons. The number of nitrogens with zero attached hydrogens (tertiary/aromatic N) is 2. The first kappa shape index (κ1) is 14.7. The summed E-state index contributed by atoms with van der Waals surface area (Å²) < 4.78 is 6.14. The number of ether oxygens (including phenoxy) is 1. The maximum atomic E-state index is 6.14. The molecule has 22 heavy (non-hydrogen) atoms. The molecule has 0 N–H and O–H groups in total. The smallest absolute Gasteiger partial charge is 0.126 e. The van der Waals surface area contributed by atoms with Crippen LogP contribution in [0.25, 0.3) is 0 Å². The molecule has 0 aliphatic carbocycles. The highest BCUT2D eigenvalue weighted by molar-refractivity contribution is 5.16. The van der Waals surface area contributed by atoms with Crippen molar-refractivity contribution in [1.82, 2.24) is 9.80 Å². The van der Waals surface area contributed by atoms with Gasteiger partial charge in [0.05, 0.1) is 12.6 Å². The molecule has 3 atom stereocenters. The summed E-state index contributed by atoms with van der Waals surface area (Å²) in [5.74, 6) is 0. The zero-order valence-corrected chi connectivity index (χ0v) is 13.5. The van der Waals surface area contributed by atoms with E-state index in [4.69, 9.17) is 4.74 Å². The lowest BCUT2D eigenvalue weighted by Gasteiger charge is -2.37. The van der Waals surface area contributed by atoms with Crippen LogP contribution in [-0.2, 0) is 11.2 Å². The van der Waals surface area contributed by atoms with Crippen molar-refractivity contribution in [3.05, 3.63) is 35.9 Å².